The SMILES string of the molecule is CC(C)=C1[C@H]2C[C@@H]3C(=C4[C@@H]5C[C@H]6C(=C(C)C)[C@@H]5C[C@@H]46)[C@H]2C[C@H]13. The van der Waals surface area contributed by atoms with Crippen LogP contribution in [0.15, 0.2) is 33.4 Å². The Balaban J connectivity index is 1.45. The Morgan fingerprint density at radius 2 is 0.773 bits per heavy atom. The summed E-state index contributed by atoms with van der Waals surface area (Å²) in [5, 5.41) is 0. The third kappa shape index (κ3) is 1.13. The van der Waals surface area contributed by atoms with Gasteiger partial charge in [0.1, 0.15) is 0 Å². The quantitative estimate of drug-likeness (QED) is 0.515. The lowest BCUT2D eigenvalue weighted by Crippen LogP contribution is -2.15. The van der Waals surface area contributed by atoms with E-state index in [2.05, 4.69) is 27.7 Å². The van der Waals surface area contributed by atoms with E-state index in [9.17, 15) is 0 Å². The second kappa shape index (κ2) is 3.65. The van der Waals surface area contributed by atoms with Crippen LogP contribution in [-0.2, 0) is 0 Å². The van der Waals surface area contributed by atoms with Crippen molar-refractivity contribution in [3.63, 3.8) is 0 Å². The Morgan fingerprint density at radius 3 is 1.00 bits per heavy atom. The molecule has 8 saturated carbocycles. The molecule has 0 aromatic rings. The topological polar surface area (TPSA) is 0 Å². The molecule has 0 saturated heterocycles. The van der Waals surface area contributed by atoms with Crippen molar-refractivity contribution in [2.45, 2.75) is 53.4 Å². The van der Waals surface area contributed by atoms with Crippen LogP contribution < -0.4 is 0 Å². The van der Waals surface area contributed by atoms with Crippen molar-refractivity contribution in [2.24, 2.45) is 47.3 Å². The molecule has 0 heteroatoms. The minimum absolute atomic E-state index is 0.974. The van der Waals surface area contributed by atoms with Crippen molar-refractivity contribution >= 4 is 0 Å². The molecule has 0 N–H and O–H groups in total. The highest BCUT2D eigenvalue weighted by Crippen LogP contribution is 2.75. The van der Waals surface area contributed by atoms with Crippen LogP contribution in [0.3, 0.4) is 0 Å². The standard InChI is InChI=1S/C22H28/c1-9(2)19-11-5-15-12(19)6-16(11)21(15)22-17-7-13-18(22)8-14(17)20(13)10(3)4/h11-18H,5-8H2,1-4H3/t11-,12-,13+,14+,15-,16-,17+,18+. The highest BCUT2D eigenvalue weighted by molar-refractivity contribution is 5.52. The summed E-state index contributed by atoms with van der Waals surface area (Å²) in [5.74, 6) is 7.86. The summed E-state index contributed by atoms with van der Waals surface area (Å²) in [6, 6.07) is 0. The summed E-state index contributed by atoms with van der Waals surface area (Å²) in [6.07, 6.45) is 6.11. The first-order valence-electron chi connectivity index (χ1n) is 9.66. The van der Waals surface area contributed by atoms with Crippen LogP contribution in [0.1, 0.15) is 53.4 Å². The molecule has 0 spiro atoms. The lowest BCUT2D eigenvalue weighted by molar-refractivity contribution is 0.457. The smallest absolute Gasteiger partial charge is 0.0125 e. The molecular weight excluding hydrogens is 264 g/mol. The molecule has 8 bridgehead atoms. The van der Waals surface area contributed by atoms with Crippen molar-refractivity contribution < 1.29 is 0 Å². The van der Waals surface area contributed by atoms with Crippen LogP contribution in [0.4, 0.5) is 0 Å². The minimum Gasteiger partial charge on any atom is -0.0766 e. The van der Waals surface area contributed by atoms with E-state index in [4.69, 9.17) is 0 Å². The number of allylic oxidation sites excluding steroid dienone is 6. The van der Waals surface area contributed by atoms with E-state index in [0.717, 1.165) is 47.3 Å². The van der Waals surface area contributed by atoms with Gasteiger partial charge in [0, 0.05) is 0 Å². The van der Waals surface area contributed by atoms with Crippen molar-refractivity contribution in [1.82, 2.24) is 0 Å². The van der Waals surface area contributed by atoms with E-state index >= 15 is 0 Å². The van der Waals surface area contributed by atoms with Gasteiger partial charge in [-0.1, -0.05) is 33.4 Å². The van der Waals surface area contributed by atoms with Gasteiger partial charge in [0.25, 0.3) is 0 Å². The maximum Gasteiger partial charge on any atom is -0.0125 e. The minimum atomic E-state index is 0.974. The first-order chi connectivity index (χ1) is 10.6. The molecule has 0 nitrogen and oxygen atoms in total. The second-order valence-corrected chi connectivity index (χ2v) is 9.62. The zero-order valence-corrected chi connectivity index (χ0v) is 14.4. The largest absolute Gasteiger partial charge is 0.0766 e. The first kappa shape index (κ1) is 12.6. The Labute approximate surface area is 134 Å². The summed E-state index contributed by atoms with van der Waals surface area (Å²) in [7, 11) is 0. The fourth-order valence-electron chi connectivity index (χ4n) is 8.60. The summed E-state index contributed by atoms with van der Waals surface area (Å²) >= 11 is 0. The highest BCUT2D eigenvalue weighted by Gasteiger charge is 2.66. The normalized spacial score (nSPS) is 52.4. The van der Waals surface area contributed by atoms with Gasteiger partial charge < -0.3 is 0 Å². The van der Waals surface area contributed by atoms with E-state index < -0.39 is 0 Å². The Bertz CT molecular complexity index is 588. The number of rotatable bonds is 0. The second-order valence-electron chi connectivity index (χ2n) is 9.62. The van der Waals surface area contributed by atoms with E-state index in [0.29, 0.717) is 0 Å². The van der Waals surface area contributed by atoms with Gasteiger partial charge >= 0.3 is 0 Å². The molecule has 0 heterocycles. The predicted octanol–water partition coefficient (Wildman–Crippen LogP) is 5.53. The van der Waals surface area contributed by atoms with Gasteiger partial charge in [0.2, 0.25) is 0 Å². The molecule has 8 aliphatic carbocycles. The van der Waals surface area contributed by atoms with Gasteiger partial charge in [-0.05, 0) is 101 Å². The van der Waals surface area contributed by atoms with Crippen molar-refractivity contribution in [2.75, 3.05) is 0 Å². The average Bonchev–Trinajstić information content (AvgIpc) is 3.26. The molecular formula is C22H28. The summed E-state index contributed by atoms with van der Waals surface area (Å²) in [5.41, 5.74) is 11.2. The van der Waals surface area contributed by atoms with Crippen LogP contribution >= 0.6 is 0 Å². The first-order valence-corrected chi connectivity index (χ1v) is 9.66. The third-order valence-corrected chi connectivity index (χ3v) is 8.66. The Morgan fingerprint density at radius 1 is 0.500 bits per heavy atom. The monoisotopic (exact) mass is 292 g/mol. The maximum absolute atomic E-state index is 2.37. The molecule has 8 fully saturated rings. The van der Waals surface area contributed by atoms with E-state index in [1.54, 1.807) is 11.1 Å². The Hall–Kier alpha value is -0.780. The maximum atomic E-state index is 2.37. The van der Waals surface area contributed by atoms with Gasteiger partial charge in [0.05, 0.1) is 0 Å². The van der Waals surface area contributed by atoms with E-state index in [1.807, 2.05) is 22.3 Å². The fourth-order valence-corrected chi connectivity index (χ4v) is 8.60. The number of hydrogen-bond donors (Lipinski definition) is 0. The molecule has 0 amide bonds. The molecule has 8 aliphatic rings. The molecule has 0 aliphatic heterocycles. The lowest BCUT2D eigenvalue weighted by atomic mass is 9.79. The lowest BCUT2D eigenvalue weighted by Gasteiger charge is -2.25. The van der Waals surface area contributed by atoms with Crippen LogP contribution in [0.5, 0.6) is 0 Å². The van der Waals surface area contributed by atoms with Gasteiger partial charge in [0.15, 0.2) is 0 Å². The van der Waals surface area contributed by atoms with E-state index in [-0.39, 0.29) is 0 Å². The molecule has 8 rings (SSSR count). The fraction of sp³-hybridized carbons (Fsp3) is 0.727. The molecule has 0 aromatic carbocycles. The average molecular weight is 292 g/mol. The van der Waals surface area contributed by atoms with Crippen LogP contribution in [0.25, 0.3) is 0 Å². The molecule has 8 atom stereocenters. The molecule has 22 heavy (non-hydrogen) atoms. The van der Waals surface area contributed by atoms with E-state index in [1.165, 1.54) is 25.7 Å². The molecule has 0 unspecified atom stereocenters. The third-order valence-electron chi connectivity index (χ3n) is 8.66. The number of hydrogen-bond acceptors (Lipinski definition) is 0. The van der Waals surface area contributed by atoms with Gasteiger partial charge in [-0.2, -0.15) is 0 Å². The predicted molar refractivity (Wildman–Crippen MR) is 90.2 cm³/mol. The summed E-state index contributed by atoms with van der Waals surface area (Å²) in [6.45, 7) is 9.48. The van der Waals surface area contributed by atoms with Crippen molar-refractivity contribution in [1.29, 1.82) is 0 Å². The Kier molecular flexibility index (Phi) is 2.10. The van der Waals surface area contributed by atoms with Crippen molar-refractivity contribution in [3.8, 4) is 0 Å². The zero-order chi connectivity index (χ0) is 14.9. The molecule has 116 valence electrons. The summed E-state index contributed by atoms with van der Waals surface area (Å²) in [4.78, 5) is 0. The van der Waals surface area contributed by atoms with Crippen molar-refractivity contribution in [3.05, 3.63) is 33.4 Å². The van der Waals surface area contributed by atoms with Crippen LogP contribution in [0, 0.1) is 47.3 Å². The highest BCUT2D eigenvalue weighted by atomic mass is 14.7. The molecule has 0 radical (unpaired) electrons. The zero-order valence-electron chi connectivity index (χ0n) is 14.4. The van der Waals surface area contributed by atoms with Gasteiger partial charge in [-0.15, -0.1) is 0 Å². The van der Waals surface area contributed by atoms with Crippen LogP contribution in [-0.4, -0.2) is 0 Å². The van der Waals surface area contributed by atoms with Crippen LogP contribution in [0.2, 0.25) is 0 Å². The van der Waals surface area contributed by atoms with Gasteiger partial charge in [-0.25, -0.2) is 0 Å². The molecule has 0 aromatic heterocycles. The summed E-state index contributed by atoms with van der Waals surface area (Å²) < 4.78 is 0. The van der Waals surface area contributed by atoms with Gasteiger partial charge in [-0.3, -0.25) is 0 Å².